The molecule has 0 radical (unpaired) electrons. The molecule has 1 aromatic heterocycles. The SMILES string of the molecule is CCC(CN)Nc1ccc2c(=O)c(C(=O)O)cn(C3CC3)c2c1. The molecule has 3 rings (SSSR count). The highest BCUT2D eigenvalue weighted by atomic mass is 16.4. The van der Waals surface area contributed by atoms with E-state index in [0.717, 1.165) is 30.5 Å². The molecule has 1 atom stereocenters. The number of pyridine rings is 1. The van der Waals surface area contributed by atoms with Crippen molar-refractivity contribution in [3.63, 3.8) is 0 Å². The van der Waals surface area contributed by atoms with E-state index in [1.165, 1.54) is 6.20 Å². The summed E-state index contributed by atoms with van der Waals surface area (Å²) in [5.41, 5.74) is 6.80. The molecule has 0 bridgehead atoms. The van der Waals surface area contributed by atoms with Gasteiger partial charge in [-0.05, 0) is 37.5 Å². The fourth-order valence-electron chi connectivity index (χ4n) is 2.81. The Morgan fingerprint density at radius 2 is 2.22 bits per heavy atom. The smallest absolute Gasteiger partial charge is 0.341 e. The normalized spacial score (nSPS) is 15.6. The van der Waals surface area contributed by atoms with Crippen LogP contribution in [0.3, 0.4) is 0 Å². The van der Waals surface area contributed by atoms with Gasteiger partial charge in [-0.3, -0.25) is 4.79 Å². The van der Waals surface area contributed by atoms with Gasteiger partial charge in [-0.2, -0.15) is 0 Å². The number of fused-ring (bicyclic) bond motifs is 1. The molecular weight excluding hydrogens is 294 g/mol. The maximum atomic E-state index is 12.4. The molecule has 1 unspecified atom stereocenters. The number of aromatic nitrogens is 1. The van der Waals surface area contributed by atoms with Gasteiger partial charge in [0.2, 0.25) is 5.43 Å². The monoisotopic (exact) mass is 315 g/mol. The van der Waals surface area contributed by atoms with E-state index in [2.05, 4.69) is 12.2 Å². The Bertz CT molecular complexity index is 805. The Labute approximate surface area is 133 Å². The zero-order valence-corrected chi connectivity index (χ0v) is 13.1. The fourth-order valence-corrected chi connectivity index (χ4v) is 2.81. The minimum Gasteiger partial charge on any atom is -0.477 e. The van der Waals surface area contributed by atoms with Gasteiger partial charge in [0.05, 0.1) is 5.52 Å². The maximum absolute atomic E-state index is 12.4. The summed E-state index contributed by atoms with van der Waals surface area (Å²) in [6.07, 6.45) is 4.40. The standard InChI is InChI=1S/C17H21N3O3/c1-2-10(8-18)19-11-3-6-13-15(7-11)20(12-4-5-12)9-14(16(13)21)17(22)23/h3,6-7,9-10,12,19H,2,4-5,8,18H2,1H3,(H,22,23). The molecule has 6 heteroatoms. The van der Waals surface area contributed by atoms with E-state index in [9.17, 15) is 14.7 Å². The molecular formula is C17H21N3O3. The fraction of sp³-hybridized carbons (Fsp3) is 0.412. The third-order valence-electron chi connectivity index (χ3n) is 4.35. The van der Waals surface area contributed by atoms with E-state index in [4.69, 9.17) is 5.73 Å². The third-order valence-corrected chi connectivity index (χ3v) is 4.35. The summed E-state index contributed by atoms with van der Waals surface area (Å²) >= 11 is 0. The molecule has 0 amide bonds. The summed E-state index contributed by atoms with van der Waals surface area (Å²) in [5.74, 6) is -1.18. The number of rotatable bonds is 6. The number of nitrogens with two attached hydrogens (primary N) is 1. The zero-order valence-electron chi connectivity index (χ0n) is 13.1. The van der Waals surface area contributed by atoms with Gasteiger partial charge in [-0.25, -0.2) is 4.79 Å². The van der Waals surface area contributed by atoms with Gasteiger partial charge >= 0.3 is 5.97 Å². The highest BCUT2D eigenvalue weighted by molar-refractivity contribution is 5.93. The van der Waals surface area contributed by atoms with Gasteiger partial charge in [0.25, 0.3) is 0 Å². The van der Waals surface area contributed by atoms with E-state index in [0.29, 0.717) is 11.9 Å². The third kappa shape index (κ3) is 2.94. The lowest BCUT2D eigenvalue weighted by atomic mass is 10.1. The summed E-state index contributed by atoms with van der Waals surface area (Å²) < 4.78 is 1.93. The number of hydrogen-bond acceptors (Lipinski definition) is 4. The first-order valence-electron chi connectivity index (χ1n) is 7.94. The largest absolute Gasteiger partial charge is 0.477 e. The lowest BCUT2D eigenvalue weighted by Crippen LogP contribution is -2.28. The number of nitrogens with one attached hydrogen (secondary N) is 1. The number of carboxylic acid groups (broad SMARTS) is 1. The van der Waals surface area contributed by atoms with Crippen molar-refractivity contribution in [1.82, 2.24) is 4.57 Å². The van der Waals surface area contributed by atoms with Crippen LogP contribution in [0.25, 0.3) is 10.9 Å². The summed E-state index contributed by atoms with van der Waals surface area (Å²) in [5, 5.41) is 13.1. The van der Waals surface area contributed by atoms with Crippen LogP contribution in [-0.2, 0) is 0 Å². The quantitative estimate of drug-likeness (QED) is 0.759. The molecule has 1 heterocycles. The summed E-state index contributed by atoms with van der Waals surface area (Å²) in [7, 11) is 0. The average Bonchev–Trinajstić information content (AvgIpc) is 3.37. The van der Waals surface area contributed by atoms with Crippen LogP contribution in [0.1, 0.15) is 42.6 Å². The topological polar surface area (TPSA) is 97.3 Å². The summed E-state index contributed by atoms with van der Waals surface area (Å²) in [6.45, 7) is 2.59. The van der Waals surface area contributed by atoms with Gasteiger partial charge in [-0.15, -0.1) is 0 Å². The molecule has 1 fully saturated rings. The van der Waals surface area contributed by atoms with Crippen LogP contribution < -0.4 is 16.5 Å². The van der Waals surface area contributed by atoms with E-state index in [1.54, 1.807) is 6.07 Å². The van der Waals surface area contributed by atoms with Crippen molar-refractivity contribution in [2.24, 2.45) is 5.73 Å². The lowest BCUT2D eigenvalue weighted by molar-refractivity contribution is 0.0695. The molecule has 122 valence electrons. The molecule has 1 aromatic carbocycles. The van der Waals surface area contributed by atoms with Gasteiger partial charge in [0, 0.05) is 35.9 Å². The Morgan fingerprint density at radius 1 is 1.48 bits per heavy atom. The van der Waals surface area contributed by atoms with E-state index < -0.39 is 11.4 Å². The first-order valence-corrected chi connectivity index (χ1v) is 7.94. The molecule has 0 aliphatic heterocycles. The van der Waals surface area contributed by atoms with Crippen molar-refractivity contribution >= 4 is 22.6 Å². The van der Waals surface area contributed by atoms with Crippen molar-refractivity contribution < 1.29 is 9.90 Å². The second-order valence-electron chi connectivity index (χ2n) is 6.03. The minimum absolute atomic E-state index is 0.168. The van der Waals surface area contributed by atoms with Crippen molar-refractivity contribution in [2.45, 2.75) is 38.3 Å². The van der Waals surface area contributed by atoms with Crippen LogP contribution in [0.4, 0.5) is 5.69 Å². The van der Waals surface area contributed by atoms with Crippen LogP contribution in [0.5, 0.6) is 0 Å². The van der Waals surface area contributed by atoms with Crippen LogP contribution in [0.2, 0.25) is 0 Å². The van der Waals surface area contributed by atoms with Crippen LogP contribution in [-0.4, -0.2) is 28.2 Å². The molecule has 2 aromatic rings. The first kappa shape index (κ1) is 15.6. The van der Waals surface area contributed by atoms with Crippen LogP contribution >= 0.6 is 0 Å². The molecule has 23 heavy (non-hydrogen) atoms. The van der Waals surface area contributed by atoms with Crippen LogP contribution in [0, 0.1) is 0 Å². The molecule has 1 aliphatic rings. The second-order valence-corrected chi connectivity index (χ2v) is 6.03. The minimum atomic E-state index is -1.18. The number of nitrogens with zero attached hydrogens (tertiary/aromatic N) is 1. The van der Waals surface area contributed by atoms with Gasteiger partial charge in [0.15, 0.2) is 0 Å². The predicted molar refractivity (Wildman–Crippen MR) is 90.2 cm³/mol. The molecule has 0 spiro atoms. The van der Waals surface area contributed by atoms with Gasteiger partial charge in [-0.1, -0.05) is 6.92 Å². The maximum Gasteiger partial charge on any atom is 0.341 e. The summed E-state index contributed by atoms with van der Waals surface area (Å²) in [4.78, 5) is 23.7. The molecule has 6 nitrogen and oxygen atoms in total. The molecule has 1 saturated carbocycles. The highest BCUT2D eigenvalue weighted by Crippen LogP contribution is 2.37. The second kappa shape index (κ2) is 6.04. The van der Waals surface area contributed by atoms with Crippen molar-refractivity contribution in [3.8, 4) is 0 Å². The lowest BCUT2D eigenvalue weighted by Gasteiger charge is -2.18. The van der Waals surface area contributed by atoms with Crippen molar-refractivity contribution in [1.29, 1.82) is 0 Å². The van der Waals surface area contributed by atoms with Gasteiger partial charge in [0.1, 0.15) is 5.56 Å². The Morgan fingerprint density at radius 3 is 2.78 bits per heavy atom. The molecule has 0 saturated heterocycles. The van der Waals surface area contributed by atoms with E-state index in [1.807, 2.05) is 16.7 Å². The number of aromatic carboxylic acids is 1. The number of hydrogen-bond donors (Lipinski definition) is 3. The van der Waals surface area contributed by atoms with Crippen molar-refractivity contribution in [3.05, 3.63) is 40.2 Å². The predicted octanol–water partition coefficient (Wildman–Crippen LogP) is 2.18. The van der Waals surface area contributed by atoms with E-state index in [-0.39, 0.29) is 17.6 Å². The highest BCUT2D eigenvalue weighted by Gasteiger charge is 2.26. The van der Waals surface area contributed by atoms with Crippen LogP contribution in [0.15, 0.2) is 29.2 Å². The zero-order chi connectivity index (χ0) is 16.6. The number of benzene rings is 1. The van der Waals surface area contributed by atoms with Crippen molar-refractivity contribution in [2.75, 3.05) is 11.9 Å². The first-order chi connectivity index (χ1) is 11.0. The van der Waals surface area contributed by atoms with E-state index >= 15 is 0 Å². The Hall–Kier alpha value is -2.34. The Balaban J connectivity index is 2.14. The number of anilines is 1. The molecule has 1 aliphatic carbocycles. The molecule has 4 N–H and O–H groups in total. The average molecular weight is 315 g/mol. The van der Waals surface area contributed by atoms with Gasteiger partial charge < -0.3 is 20.7 Å². The summed E-state index contributed by atoms with van der Waals surface area (Å²) in [6, 6.07) is 5.88. The number of carbonyl (C=O) groups is 1. The number of carboxylic acids is 1. The Kier molecular flexibility index (Phi) is 4.09.